The Balaban J connectivity index is 1.82. The van der Waals surface area contributed by atoms with Crippen LogP contribution in [0.15, 0.2) is 47.4 Å². The fourth-order valence-electron chi connectivity index (χ4n) is 2.31. The lowest BCUT2D eigenvalue weighted by molar-refractivity contribution is -0.274. The standard InChI is InChI=1S/C18H18F4N2O5S/c1-28-16-7-2-12(10-15(16)19)11-23-17(25)8-9-24-30(26,27)14-5-3-13(4-6-14)29-18(20,21)22/h2-7,10,24H,8-9,11H2,1H3,(H,23,25). The van der Waals surface area contributed by atoms with Gasteiger partial charge in [0.2, 0.25) is 15.9 Å². The van der Waals surface area contributed by atoms with Crippen LogP contribution in [0.25, 0.3) is 0 Å². The highest BCUT2D eigenvalue weighted by Crippen LogP contribution is 2.23. The molecule has 2 aromatic rings. The Kier molecular flexibility index (Phi) is 7.62. The van der Waals surface area contributed by atoms with E-state index in [1.165, 1.54) is 19.2 Å². The lowest BCUT2D eigenvalue weighted by atomic mass is 10.2. The van der Waals surface area contributed by atoms with E-state index in [4.69, 9.17) is 4.74 Å². The highest BCUT2D eigenvalue weighted by Gasteiger charge is 2.31. The number of alkyl halides is 3. The molecular formula is C18H18F4N2O5S. The first-order valence-corrected chi connectivity index (χ1v) is 9.93. The first-order valence-electron chi connectivity index (χ1n) is 8.45. The van der Waals surface area contributed by atoms with E-state index in [2.05, 4.69) is 14.8 Å². The van der Waals surface area contributed by atoms with Crippen molar-refractivity contribution in [3.63, 3.8) is 0 Å². The fourth-order valence-corrected chi connectivity index (χ4v) is 3.34. The van der Waals surface area contributed by atoms with Gasteiger partial charge in [-0.15, -0.1) is 13.2 Å². The van der Waals surface area contributed by atoms with Gasteiger partial charge in [0.05, 0.1) is 12.0 Å². The Hall–Kier alpha value is -2.86. The van der Waals surface area contributed by atoms with E-state index in [9.17, 15) is 30.8 Å². The number of hydrogen-bond donors (Lipinski definition) is 2. The molecule has 2 aromatic carbocycles. The fraction of sp³-hybridized carbons (Fsp3) is 0.278. The molecule has 0 aliphatic rings. The van der Waals surface area contributed by atoms with Gasteiger partial charge in [-0.1, -0.05) is 6.07 Å². The summed E-state index contributed by atoms with van der Waals surface area (Å²) >= 11 is 0. The molecule has 7 nitrogen and oxygen atoms in total. The maximum absolute atomic E-state index is 13.6. The number of rotatable bonds is 9. The third-order valence-corrected chi connectivity index (χ3v) is 5.19. The molecule has 30 heavy (non-hydrogen) atoms. The molecule has 0 aromatic heterocycles. The Morgan fingerprint density at radius 1 is 1.10 bits per heavy atom. The normalized spacial score (nSPS) is 11.8. The van der Waals surface area contributed by atoms with E-state index in [1.807, 2.05) is 0 Å². The molecule has 164 valence electrons. The van der Waals surface area contributed by atoms with Gasteiger partial charge in [-0.05, 0) is 42.0 Å². The number of methoxy groups -OCH3 is 1. The number of amides is 1. The second-order valence-corrected chi connectivity index (χ2v) is 7.68. The maximum atomic E-state index is 13.6. The first-order chi connectivity index (χ1) is 14.0. The van der Waals surface area contributed by atoms with E-state index in [1.54, 1.807) is 6.07 Å². The van der Waals surface area contributed by atoms with Gasteiger partial charge < -0.3 is 14.8 Å². The molecule has 12 heteroatoms. The molecule has 0 saturated carbocycles. The van der Waals surface area contributed by atoms with Crippen molar-refractivity contribution in [2.24, 2.45) is 0 Å². The van der Waals surface area contributed by atoms with E-state index >= 15 is 0 Å². The number of sulfonamides is 1. The van der Waals surface area contributed by atoms with Gasteiger partial charge in [-0.25, -0.2) is 17.5 Å². The molecule has 0 radical (unpaired) electrons. The molecule has 2 N–H and O–H groups in total. The number of hydrogen-bond acceptors (Lipinski definition) is 5. The average Bonchev–Trinajstić information content (AvgIpc) is 2.65. The molecule has 2 rings (SSSR count). The van der Waals surface area contributed by atoms with Crippen LogP contribution in [0.3, 0.4) is 0 Å². The van der Waals surface area contributed by atoms with Gasteiger partial charge in [0.15, 0.2) is 11.6 Å². The number of nitrogens with one attached hydrogen (secondary N) is 2. The molecule has 0 unspecified atom stereocenters. The summed E-state index contributed by atoms with van der Waals surface area (Å²) in [4.78, 5) is 11.6. The number of benzene rings is 2. The Morgan fingerprint density at radius 3 is 2.33 bits per heavy atom. The molecule has 0 heterocycles. The second kappa shape index (κ2) is 9.76. The van der Waals surface area contributed by atoms with Crippen molar-refractivity contribution in [2.45, 2.75) is 24.2 Å². The van der Waals surface area contributed by atoms with Crippen LogP contribution in [0.2, 0.25) is 0 Å². The monoisotopic (exact) mass is 450 g/mol. The van der Waals surface area contributed by atoms with Gasteiger partial charge in [0, 0.05) is 19.5 Å². The Morgan fingerprint density at radius 2 is 1.77 bits per heavy atom. The first kappa shape index (κ1) is 23.4. The van der Waals surface area contributed by atoms with Crippen LogP contribution in [0, 0.1) is 5.82 Å². The molecule has 0 bridgehead atoms. The zero-order valence-corrected chi connectivity index (χ0v) is 16.4. The van der Waals surface area contributed by atoms with Crippen molar-refractivity contribution in [3.8, 4) is 11.5 Å². The zero-order chi connectivity index (χ0) is 22.4. The van der Waals surface area contributed by atoms with Crippen molar-refractivity contribution in [2.75, 3.05) is 13.7 Å². The van der Waals surface area contributed by atoms with Crippen LogP contribution in [0.4, 0.5) is 17.6 Å². The van der Waals surface area contributed by atoms with Gasteiger partial charge >= 0.3 is 6.36 Å². The van der Waals surface area contributed by atoms with Gasteiger partial charge in [-0.2, -0.15) is 0 Å². The lowest BCUT2D eigenvalue weighted by Crippen LogP contribution is -2.30. The Bertz CT molecular complexity index is 979. The van der Waals surface area contributed by atoms with Crippen molar-refractivity contribution in [1.29, 1.82) is 0 Å². The van der Waals surface area contributed by atoms with E-state index in [-0.39, 0.29) is 30.2 Å². The minimum atomic E-state index is -4.89. The van der Waals surface area contributed by atoms with Crippen molar-refractivity contribution < 1.29 is 40.2 Å². The van der Waals surface area contributed by atoms with Crippen LogP contribution < -0.4 is 19.5 Å². The number of halogens is 4. The van der Waals surface area contributed by atoms with Crippen molar-refractivity contribution in [1.82, 2.24) is 10.0 Å². The molecule has 1 amide bonds. The van der Waals surface area contributed by atoms with Crippen LogP contribution in [0.5, 0.6) is 11.5 Å². The van der Waals surface area contributed by atoms with Crippen LogP contribution in [0.1, 0.15) is 12.0 Å². The smallest absolute Gasteiger partial charge is 0.494 e. The molecule has 0 atom stereocenters. The number of ether oxygens (including phenoxy) is 2. The second-order valence-electron chi connectivity index (χ2n) is 5.91. The van der Waals surface area contributed by atoms with Gasteiger partial charge in [-0.3, -0.25) is 4.79 Å². The third-order valence-electron chi connectivity index (χ3n) is 3.72. The third kappa shape index (κ3) is 7.19. The summed E-state index contributed by atoms with van der Waals surface area (Å²) in [6, 6.07) is 7.80. The summed E-state index contributed by atoms with van der Waals surface area (Å²) in [5.74, 6) is -1.56. The molecule has 0 aliphatic heterocycles. The summed E-state index contributed by atoms with van der Waals surface area (Å²) in [7, 11) is -2.70. The molecule has 0 saturated heterocycles. The summed E-state index contributed by atoms with van der Waals surface area (Å²) in [5.41, 5.74) is 0.489. The van der Waals surface area contributed by atoms with Crippen LogP contribution in [-0.4, -0.2) is 34.3 Å². The molecular weight excluding hydrogens is 432 g/mol. The summed E-state index contributed by atoms with van der Waals surface area (Å²) in [5, 5.41) is 2.51. The SMILES string of the molecule is COc1ccc(CNC(=O)CCNS(=O)(=O)c2ccc(OC(F)(F)F)cc2)cc1F. The highest BCUT2D eigenvalue weighted by atomic mass is 32.2. The highest BCUT2D eigenvalue weighted by molar-refractivity contribution is 7.89. The Labute approximate surface area is 170 Å². The van der Waals surface area contributed by atoms with Crippen LogP contribution in [-0.2, 0) is 21.4 Å². The average molecular weight is 450 g/mol. The van der Waals surface area contributed by atoms with E-state index in [0.29, 0.717) is 5.56 Å². The van der Waals surface area contributed by atoms with Crippen molar-refractivity contribution in [3.05, 3.63) is 53.8 Å². The minimum Gasteiger partial charge on any atom is -0.494 e. The predicted molar refractivity (Wildman–Crippen MR) is 97.7 cm³/mol. The van der Waals surface area contributed by atoms with E-state index in [0.717, 1.165) is 24.3 Å². The lowest BCUT2D eigenvalue weighted by Gasteiger charge is -2.10. The largest absolute Gasteiger partial charge is 0.573 e. The number of carbonyl (C=O) groups is 1. The topological polar surface area (TPSA) is 93.7 Å². The maximum Gasteiger partial charge on any atom is 0.573 e. The molecule has 0 aliphatic carbocycles. The summed E-state index contributed by atoms with van der Waals surface area (Å²) < 4.78 is 84.9. The summed E-state index contributed by atoms with van der Waals surface area (Å²) in [6.45, 7) is -0.209. The quantitative estimate of drug-likeness (QED) is 0.573. The zero-order valence-electron chi connectivity index (χ0n) is 15.6. The van der Waals surface area contributed by atoms with Crippen LogP contribution >= 0.6 is 0 Å². The summed E-state index contributed by atoms with van der Waals surface area (Å²) in [6.07, 6.45) is -5.09. The van der Waals surface area contributed by atoms with Gasteiger partial charge in [0.1, 0.15) is 5.75 Å². The minimum absolute atomic E-state index is 0.0349. The van der Waals surface area contributed by atoms with Gasteiger partial charge in [0.25, 0.3) is 0 Å². The predicted octanol–water partition coefficient (Wildman–Crippen LogP) is 2.72. The van der Waals surface area contributed by atoms with E-state index < -0.39 is 33.9 Å². The molecule has 0 fully saturated rings. The van der Waals surface area contributed by atoms with Crippen molar-refractivity contribution >= 4 is 15.9 Å². The number of carbonyl (C=O) groups excluding carboxylic acids is 1. The molecule has 0 spiro atoms.